The minimum absolute atomic E-state index is 0.0450. The highest BCUT2D eigenvalue weighted by molar-refractivity contribution is 5.97. The Hall–Kier alpha value is -1.75. The number of hydrogen-bond donors (Lipinski definition) is 2. The summed E-state index contributed by atoms with van der Waals surface area (Å²) in [6.45, 7) is 3.28. The number of phenols is 1. The molecule has 1 aliphatic rings. The molecule has 110 valence electrons. The standard InChI is InChI=1S/C15H22N2O3/c1-10-3-4-11(8-16)9-17(10)15(19)13-6-5-12(20-2)7-14(13)18/h5-7,10-11,18H,3-4,8-9,16H2,1-2H3. The van der Waals surface area contributed by atoms with E-state index in [1.165, 1.54) is 13.2 Å². The molecular weight excluding hydrogens is 256 g/mol. The van der Waals surface area contributed by atoms with Crippen LogP contribution in [0, 0.1) is 5.92 Å². The third kappa shape index (κ3) is 2.88. The molecular formula is C15H22N2O3. The van der Waals surface area contributed by atoms with Crippen LogP contribution < -0.4 is 10.5 Å². The molecule has 0 radical (unpaired) electrons. The van der Waals surface area contributed by atoms with Gasteiger partial charge in [0.05, 0.1) is 12.7 Å². The zero-order chi connectivity index (χ0) is 14.7. The van der Waals surface area contributed by atoms with E-state index in [1.54, 1.807) is 12.1 Å². The van der Waals surface area contributed by atoms with E-state index in [9.17, 15) is 9.90 Å². The number of piperidine rings is 1. The molecule has 0 aliphatic carbocycles. The number of benzene rings is 1. The number of carbonyl (C=O) groups excluding carboxylic acids is 1. The molecule has 0 aromatic heterocycles. The second kappa shape index (κ2) is 6.13. The van der Waals surface area contributed by atoms with Gasteiger partial charge in [-0.2, -0.15) is 0 Å². The lowest BCUT2D eigenvalue weighted by Crippen LogP contribution is -2.47. The third-order valence-corrected chi connectivity index (χ3v) is 4.01. The van der Waals surface area contributed by atoms with Crippen LogP contribution in [-0.2, 0) is 0 Å². The summed E-state index contributed by atoms with van der Waals surface area (Å²) < 4.78 is 5.03. The second-order valence-corrected chi connectivity index (χ2v) is 5.37. The topological polar surface area (TPSA) is 75.8 Å². The van der Waals surface area contributed by atoms with Crippen LogP contribution in [0.15, 0.2) is 18.2 Å². The van der Waals surface area contributed by atoms with Gasteiger partial charge in [-0.3, -0.25) is 4.79 Å². The number of methoxy groups -OCH3 is 1. The molecule has 5 nitrogen and oxygen atoms in total. The van der Waals surface area contributed by atoms with Crippen molar-refractivity contribution >= 4 is 5.91 Å². The van der Waals surface area contributed by atoms with E-state index in [4.69, 9.17) is 10.5 Å². The fraction of sp³-hybridized carbons (Fsp3) is 0.533. The highest BCUT2D eigenvalue weighted by Crippen LogP contribution is 2.28. The monoisotopic (exact) mass is 278 g/mol. The summed E-state index contributed by atoms with van der Waals surface area (Å²) in [5.74, 6) is 0.688. The Morgan fingerprint density at radius 3 is 2.85 bits per heavy atom. The fourth-order valence-electron chi connectivity index (χ4n) is 2.63. The predicted molar refractivity (Wildman–Crippen MR) is 76.9 cm³/mol. The van der Waals surface area contributed by atoms with Gasteiger partial charge in [-0.25, -0.2) is 0 Å². The molecule has 1 amide bonds. The normalized spacial score (nSPS) is 22.6. The maximum absolute atomic E-state index is 12.6. The first-order valence-corrected chi connectivity index (χ1v) is 6.94. The fourth-order valence-corrected chi connectivity index (χ4v) is 2.63. The zero-order valence-corrected chi connectivity index (χ0v) is 12.0. The third-order valence-electron chi connectivity index (χ3n) is 4.01. The summed E-state index contributed by atoms with van der Waals surface area (Å²) >= 11 is 0. The summed E-state index contributed by atoms with van der Waals surface area (Å²) in [7, 11) is 1.52. The molecule has 1 aromatic rings. The molecule has 1 saturated heterocycles. The van der Waals surface area contributed by atoms with Crippen molar-refractivity contribution in [1.29, 1.82) is 0 Å². The van der Waals surface area contributed by atoms with Crippen molar-refractivity contribution in [2.24, 2.45) is 11.7 Å². The van der Waals surface area contributed by atoms with E-state index in [-0.39, 0.29) is 17.7 Å². The molecule has 3 N–H and O–H groups in total. The smallest absolute Gasteiger partial charge is 0.257 e. The minimum atomic E-state index is -0.143. The second-order valence-electron chi connectivity index (χ2n) is 5.37. The van der Waals surface area contributed by atoms with Gasteiger partial charge in [-0.05, 0) is 44.4 Å². The van der Waals surface area contributed by atoms with Crippen molar-refractivity contribution in [3.8, 4) is 11.5 Å². The van der Waals surface area contributed by atoms with Crippen molar-refractivity contribution < 1.29 is 14.6 Å². The lowest BCUT2D eigenvalue weighted by molar-refractivity contribution is 0.0564. The molecule has 1 aliphatic heterocycles. The number of aromatic hydroxyl groups is 1. The highest BCUT2D eigenvalue weighted by atomic mass is 16.5. The summed E-state index contributed by atoms with van der Waals surface area (Å²) in [5.41, 5.74) is 6.03. The van der Waals surface area contributed by atoms with Gasteiger partial charge in [0.15, 0.2) is 0 Å². The number of likely N-dealkylation sites (tertiary alicyclic amines) is 1. The molecule has 20 heavy (non-hydrogen) atoms. The highest BCUT2D eigenvalue weighted by Gasteiger charge is 2.30. The Kier molecular flexibility index (Phi) is 4.49. The predicted octanol–water partition coefficient (Wildman–Crippen LogP) is 1.60. The van der Waals surface area contributed by atoms with Crippen molar-refractivity contribution in [2.45, 2.75) is 25.8 Å². The van der Waals surface area contributed by atoms with E-state index in [0.29, 0.717) is 30.3 Å². The Labute approximate surface area is 119 Å². The Morgan fingerprint density at radius 1 is 1.50 bits per heavy atom. The van der Waals surface area contributed by atoms with E-state index >= 15 is 0 Å². The summed E-state index contributed by atoms with van der Waals surface area (Å²) in [4.78, 5) is 14.4. The van der Waals surface area contributed by atoms with Crippen LogP contribution in [0.25, 0.3) is 0 Å². The molecule has 0 spiro atoms. The molecule has 1 fully saturated rings. The summed E-state index contributed by atoms with van der Waals surface area (Å²) in [6, 6.07) is 4.92. The van der Waals surface area contributed by atoms with Gasteiger partial charge in [-0.1, -0.05) is 0 Å². The Morgan fingerprint density at radius 2 is 2.25 bits per heavy atom. The van der Waals surface area contributed by atoms with Crippen LogP contribution in [0.4, 0.5) is 0 Å². The van der Waals surface area contributed by atoms with E-state index in [0.717, 1.165) is 12.8 Å². The number of nitrogens with zero attached hydrogens (tertiary/aromatic N) is 1. The van der Waals surface area contributed by atoms with Crippen LogP contribution in [0.2, 0.25) is 0 Å². The van der Waals surface area contributed by atoms with Gasteiger partial charge in [0.2, 0.25) is 0 Å². The van der Waals surface area contributed by atoms with Gasteiger partial charge in [0.25, 0.3) is 5.91 Å². The minimum Gasteiger partial charge on any atom is -0.507 e. The first-order valence-electron chi connectivity index (χ1n) is 6.94. The number of phenolic OH excluding ortho intramolecular Hbond substituents is 1. The van der Waals surface area contributed by atoms with Gasteiger partial charge in [0, 0.05) is 18.7 Å². The average Bonchev–Trinajstić information content (AvgIpc) is 2.47. The van der Waals surface area contributed by atoms with Crippen molar-refractivity contribution in [3.63, 3.8) is 0 Å². The molecule has 2 unspecified atom stereocenters. The molecule has 0 bridgehead atoms. The van der Waals surface area contributed by atoms with Crippen LogP contribution in [0.5, 0.6) is 11.5 Å². The zero-order valence-electron chi connectivity index (χ0n) is 12.0. The molecule has 5 heteroatoms. The number of rotatable bonds is 3. The van der Waals surface area contributed by atoms with Gasteiger partial charge in [0.1, 0.15) is 11.5 Å². The van der Waals surface area contributed by atoms with Crippen LogP contribution in [-0.4, -0.2) is 42.2 Å². The maximum Gasteiger partial charge on any atom is 0.257 e. The number of hydrogen-bond acceptors (Lipinski definition) is 4. The molecule has 2 atom stereocenters. The Bertz CT molecular complexity index is 490. The van der Waals surface area contributed by atoms with Gasteiger partial charge in [-0.15, -0.1) is 0 Å². The first kappa shape index (κ1) is 14.7. The van der Waals surface area contributed by atoms with Crippen LogP contribution >= 0.6 is 0 Å². The van der Waals surface area contributed by atoms with Crippen molar-refractivity contribution in [3.05, 3.63) is 23.8 Å². The van der Waals surface area contributed by atoms with Crippen LogP contribution in [0.1, 0.15) is 30.1 Å². The molecule has 2 rings (SSSR count). The number of nitrogens with two attached hydrogens (primary N) is 1. The van der Waals surface area contributed by atoms with E-state index in [2.05, 4.69) is 0 Å². The van der Waals surface area contributed by atoms with Crippen molar-refractivity contribution in [2.75, 3.05) is 20.2 Å². The summed E-state index contributed by atoms with van der Waals surface area (Å²) in [6.07, 6.45) is 2.00. The largest absolute Gasteiger partial charge is 0.507 e. The molecule has 1 aromatic carbocycles. The first-order chi connectivity index (χ1) is 9.56. The SMILES string of the molecule is COc1ccc(C(=O)N2CC(CN)CCC2C)c(O)c1. The maximum atomic E-state index is 12.6. The lowest BCUT2D eigenvalue weighted by Gasteiger charge is -2.37. The van der Waals surface area contributed by atoms with Crippen molar-refractivity contribution in [1.82, 2.24) is 4.90 Å². The number of ether oxygens (including phenoxy) is 1. The lowest BCUT2D eigenvalue weighted by atomic mass is 9.93. The molecule has 0 saturated carbocycles. The quantitative estimate of drug-likeness (QED) is 0.880. The number of carbonyl (C=O) groups is 1. The number of amides is 1. The van der Waals surface area contributed by atoms with Crippen LogP contribution in [0.3, 0.4) is 0 Å². The van der Waals surface area contributed by atoms with Gasteiger partial charge >= 0.3 is 0 Å². The summed E-state index contributed by atoms with van der Waals surface area (Å²) in [5, 5.41) is 9.98. The average molecular weight is 278 g/mol. The molecule has 1 heterocycles. The van der Waals surface area contributed by atoms with E-state index < -0.39 is 0 Å². The Balaban J connectivity index is 2.21. The van der Waals surface area contributed by atoms with E-state index in [1.807, 2.05) is 11.8 Å². The van der Waals surface area contributed by atoms with Gasteiger partial charge < -0.3 is 20.5 Å².